The maximum Gasteiger partial charge on any atom is 0.435 e. The molecule has 2 aromatic heterocycles. The molecule has 3 aromatic rings. The van der Waals surface area contributed by atoms with Crippen molar-refractivity contribution in [1.29, 1.82) is 0 Å². The van der Waals surface area contributed by atoms with E-state index in [1.54, 1.807) is 6.20 Å². The number of fused-ring (bicyclic) bond motifs is 1. The van der Waals surface area contributed by atoms with Crippen molar-refractivity contribution in [2.24, 2.45) is 0 Å². The lowest BCUT2D eigenvalue weighted by Crippen LogP contribution is -2.11. The number of halogens is 3. The molecule has 0 unspecified atom stereocenters. The van der Waals surface area contributed by atoms with Crippen LogP contribution < -0.4 is 0 Å². The molecule has 0 N–H and O–H groups in total. The molecule has 1 aromatic carbocycles. The molecule has 0 fully saturated rings. The fourth-order valence-corrected chi connectivity index (χ4v) is 3.93. The summed E-state index contributed by atoms with van der Waals surface area (Å²) in [7, 11) is 0. The van der Waals surface area contributed by atoms with Crippen LogP contribution in [0.1, 0.15) is 60.9 Å². The Kier molecular flexibility index (Phi) is 4.77. The van der Waals surface area contributed by atoms with Gasteiger partial charge >= 0.3 is 6.18 Å². The van der Waals surface area contributed by atoms with Crippen LogP contribution in [0, 0.1) is 0 Å². The number of nitrogens with zero attached hydrogens (tertiary/aromatic N) is 4. The number of rotatable bonds is 4. The molecule has 0 atom stereocenters. The van der Waals surface area contributed by atoms with E-state index in [1.807, 2.05) is 30.5 Å². The normalized spacial score (nSPS) is 14.5. The van der Waals surface area contributed by atoms with Crippen molar-refractivity contribution in [1.82, 2.24) is 19.3 Å². The van der Waals surface area contributed by atoms with Gasteiger partial charge in [0.2, 0.25) is 0 Å². The zero-order valence-electron chi connectivity index (χ0n) is 16.0. The highest BCUT2D eigenvalue weighted by Crippen LogP contribution is 2.36. The Hall–Kier alpha value is -2.57. The Morgan fingerprint density at radius 3 is 2.46 bits per heavy atom. The van der Waals surface area contributed by atoms with Gasteiger partial charge in [0, 0.05) is 36.1 Å². The fraction of sp³-hybridized carbons (Fsp3) is 0.429. The lowest BCUT2D eigenvalue weighted by molar-refractivity contribution is -0.142. The Labute approximate surface area is 162 Å². The predicted octanol–water partition coefficient (Wildman–Crippen LogP) is 5.14. The second-order valence-electron chi connectivity index (χ2n) is 7.63. The summed E-state index contributed by atoms with van der Waals surface area (Å²) in [6, 6.07) is 7.60. The van der Waals surface area contributed by atoms with Crippen molar-refractivity contribution in [3.8, 4) is 5.69 Å². The molecule has 0 saturated heterocycles. The van der Waals surface area contributed by atoms with Gasteiger partial charge in [-0.15, -0.1) is 0 Å². The number of imidazole rings is 1. The maximum absolute atomic E-state index is 13.4. The van der Waals surface area contributed by atoms with Gasteiger partial charge in [0.1, 0.15) is 5.82 Å². The summed E-state index contributed by atoms with van der Waals surface area (Å²) >= 11 is 0. The van der Waals surface area contributed by atoms with Crippen LogP contribution in [-0.2, 0) is 25.6 Å². The van der Waals surface area contributed by atoms with E-state index in [4.69, 9.17) is 0 Å². The standard InChI is InChI=1S/C21H23F3N4/c1-14(2)20-25-11-12-27(20)13-15-7-9-16(10-8-15)28-18-6-4-3-5-17(18)19(26-28)21(22,23)24/h7-12,14H,3-6,13H2,1-2H3. The predicted molar refractivity (Wildman–Crippen MR) is 101 cm³/mol. The van der Waals surface area contributed by atoms with Crippen LogP contribution in [-0.4, -0.2) is 19.3 Å². The second-order valence-corrected chi connectivity index (χ2v) is 7.63. The number of hydrogen-bond donors (Lipinski definition) is 0. The molecule has 148 valence electrons. The minimum Gasteiger partial charge on any atom is -0.330 e. The van der Waals surface area contributed by atoms with Crippen molar-refractivity contribution >= 4 is 0 Å². The third-order valence-corrected chi connectivity index (χ3v) is 5.25. The van der Waals surface area contributed by atoms with Gasteiger partial charge < -0.3 is 4.57 Å². The number of benzene rings is 1. The largest absolute Gasteiger partial charge is 0.435 e. The lowest BCUT2D eigenvalue weighted by atomic mass is 9.95. The molecule has 2 heterocycles. The molecule has 1 aliphatic carbocycles. The van der Waals surface area contributed by atoms with Crippen LogP contribution in [0.5, 0.6) is 0 Å². The summed E-state index contributed by atoms with van der Waals surface area (Å²) in [5.41, 5.74) is 2.07. The number of aromatic nitrogens is 4. The van der Waals surface area contributed by atoms with Gasteiger partial charge in [0.25, 0.3) is 0 Å². The summed E-state index contributed by atoms with van der Waals surface area (Å²) in [6.45, 7) is 4.88. The topological polar surface area (TPSA) is 35.6 Å². The molecule has 0 aliphatic heterocycles. The zero-order valence-corrected chi connectivity index (χ0v) is 16.0. The van der Waals surface area contributed by atoms with Gasteiger partial charge in [-0.25, -0.2) is 9.67 Å². The zero-order chi connectivity index (χ0) is 19.9. The van der Waals surface area contributed by atoms with Crippen LogP contribution in [0.3, 0.4) is 0 Å². The van der Waals surface area contributed by atoms with Crippen LogP contribution in [0.4, 0.5) is 13.2 Å². The van der Waals surface area contributed by atoms with Gasteiger partial charge in [0.05, 0.1) is 5.69 Å². The van der Waals surface area contributed by atoms with E-state index in [2.05, 4.69) is 28.5 Å². The minimum absolute atomic E-state index is 0.325. The van der Waals surface area contributed by atoms with E-state index in [-0.39, 0.29) is 0 Å². The smallest absolute Gasteiger partial charge is 0.330 e. The maximum atomic E-state index is 13.4. The highest BCUT2D eigenvalue weighted by molar-refractivity contribution is 5.41. The molecule has 0 amide bonds. The summed E-state index contributed by atoms with van der Waals surface area (Å²) in [6.07, 6.45) is 2.08. The molecule has 0 saturated carbocycles. The van der Waals surface area contributed by atoms with Crippen LogP contribution in [0.15, 0.2) is 36.7 Å². The van der Waals surface area contributed by atoms with Crippen molar-refractivity contribution in [3.63, 3.8) is 0 Å². The Morgan fingerprint density at radius 2 is 1.79 bits per heavy atom. The monoisotopic (exact) mass is 388 g/mol. The lowest BCUT2D eigenvalue weighted by Gasteiger charge is -2.15. The van der Waals surface area contributed by atoms with Crippen molar-refractivity contribution in [2.75, 3.05) is 0 Å². The van der Waals surface area contributed by atoms with Crippen LogP contribution >= 0.6 is 0 Å². The molecule has 0 spiro atoms. The molecule has 0 radical (unpaired) electrons. The first-order chi connectivity index (χ1) is 13.3. The molecule has 0 bridgehead atoms. The van der Waals surface area contributed by atoms with E-state index in [0.717, 1.165) is 24.2 Å². The van der Waals surface area contributed by atoms with Crippen LogP contribution in [0.2, 0.25) is 0 Å². The first-order valence-electron chi connectivity index (χ1n) is 9.63. The SMILES string of the molecule is CC(C)c1nccn1Cc1ccc(-n2nc(C(F)(F)F)c3c2CCCC3)cc1. The van der Waals surface area contributed by atoms with Gasteiger partial charge in [-0.2, -0.15) is 18.3 Å². The van der Waals surface area contributed by atoms with E-state index in [9.17, 15) is 13.2 Å². The third kappa shape index (κ3) is 3.45. The van der Waals surface area contributed by atoms with Crippen molar-refractivity contribution in [2.45, 2.75) is 58.2 Å². The molecule has 4 rings (SSSR count). The van der Waals surface area contributed by atoms with Crippen molar-refractivity contribution in [3.05, 3.63) is 65.0 Å². The summed E-state index contributed by atoms with van der Waals surface area (Å²) in [5.74, 6) is 1.34. The Morgan fingerprint density at radius 1 is 1.07 bits per heavy atom. The highest BCUT2D eigenvalue weighted by Gasteiger charge is 2.39. The number of hydrogen-bond acceptors (Lipinski definition) is 2. The highest BCUT2D eigenvalue weighted by atomic mass is 19.4. The summed E-state index contributed by atoms with van der Waals surface area (Å²) in [5, 5.41) is 3.95. The average Bonchev–Trinajstić information content (AvgIpc) is 3.27. The summed E-state index contributed by atoms with van der Waals surface area (Å²) < 4.78 is 43.8. The molecular weight excluding hydrogens is 365 g/mol. The molecular formula is C21H23F3N4. The second kappa shape index (κ2) is 7.11. The molecule has 7 heteroatoms. The fourth-order valence-electron chi connectivity index (χ4n) is 3.93. The van der Waals surface area contributed by atoms with Gasteiger partial charge in [0.15, 0.2) is 5.69 Å². The first kappa shape index (κ1) is 18.8. The Bertz CT molecular complexity index is 965. The number of alkyl halides is 3. The summed E-state index contributed by atoms with van der Waals surface area (Å²) in [4.78, 5) is 4.39. The molecule has 4 nitrogen and oxygen atoms in total. The van der Waals surface area contributed by atoms with Gasteiger partial charge in [-0.3, -0.25) is 0 Å². The third-order valence-electron chi connectivity index (χ3n) is 5.25. The van der Waals surface area contributed by atoms with Gasteiger partial charge in [-0.1, -0.05) is 26.0 Å². The average molecular weight is 388 g/mol. The van der Waals surface area contributed by atoms with E-state index in [1.165, 1.54) is 4.68 Å². The van der Waals surface area contributed by atoms with Gasteiger partial charge in [-0.05, 0) is 43.4 Å². The van der Waals surface area contributed by atoms with Crippen molar-refractivity contribution < 1.29 is 13.2 Å². The van der Waals surface area contributed by atoms with E-state index >= 15 is 0 Å². The first-order valence-corrected chi connectivity index (χ1v) is 9.63. The van der Waals surface area contributed by atoms with E-state index < -0.39 is 11.9 Å². The quantitative estimate of drug-likeness (QED) is 0.621. The minimum atomic E-state index is -4.42. The molecule has 1 aliphatic rings. The van der Waals surface area contributed by atoms with E-state index in [0.29, 0.717) is 42.2 Å². The molecule has 28 heavy (non-hydrogen) atoms. The van der Waals surface area contributed by atoms with Crippen LogP contribution in [0.25, 0.3) is 5.69 Å². The Balaban J connectivity index is 1.64.